The summed E-state index contributed by atoms with van der Waals surface area (Å²) in [6.45, 7) is 3.02. The first-order valence-electron chi connectivity index (χ1n) is 6.10. The van der Waals surface area contributed by atoms with E-state index in [4.69, 9.17) is 5.84 Å². The van der Waals surface area contributed by atoms with Crippen molar-refractivity contribution in [1.29, 1.82) is 0 Å². The minimum Gasteiger partial charge on any atom is -0.393 e. The highest BCUT2D eigenvalue weighted by molar-refractivity contribution is 5.75. The lowest BCUT2D eigenvalue weighted by molar-refractivity contribution is -0.121. The van der Waals surface area contributed by atoms with Crippen LogP contribution in [0.2, 0.25) is 0 Å². The normalized spacial score (nSPS) is 34.0. The van der Waals surface area contributed by atoms with E-state index in [1.54, 1.807) is 0 Å². The summed E-state index contributed by atoms with van der Waals surface area (Å²) in [7, 11) is 0. The Balaban J connectivity index is 1.68. The van der Waals surface area contributed by atoms with E-state index in [0.29, 0.717) is 18.3 Å². The Morgan fingerprint density at radius 3 is 2.94 bits per heavy atom. The molecule has 5 nitrogen and oxygen atoms in total. The SMILES string of the molecule is NNC(=O)CCCN1CC2CCC(O)C2C1. The molecule has 5 heteroatoms. The van der Waals surface area contributed by atoms with Crippen LogP contribution in [0.4, 0.5) is 0 Å². The second-order valence-corrected chi connectivity index (χ2v) is 5.00. The summed E-state index contributed by atoms with van der Waals surface area (Å²) in [4.78, 5) is 13.3. The second-order valence-electron chi connectivity index (χ2n) is 5.00. The third kappa shape index (κ3) is 2.53. The molecule has 1 amide bonds. The van der Waals surface area contributed by atoms with Crippen LogP contribution in [0.15, 0.2) is 0 Å². The smallest absolute Gasteiger partial charge is 0.233 e. The van der Waals surface area contributed by atoms with Crippen molar-refractivity contribution in [2.45, 2.75) is 31.8 Å². The number of carbonyl (C=O) groups is 1. The van der Waals surface area contributed by atoms with Crippen molar-refractivity contribution >= 4 is 5.91 Å². The second kappa shape index (κ2) is 5.12. The largest absolute Gasteiger partial charge is 0.393 e. The van der Waals surface area contributed by atoms with Gasteiger partial charge < -0.3 is 10.0 Å². The van der Waals surface area contributed by atoms with Gasteiger partial charge in [0.05, 0.1) is 6.10 Å². The average Bonchev–Trinajstić information content (AvgIpc) is 2.81. The van der Waals surface area contributed by atoms with Crippen molar-refractivity contribution < 1.29 is 9.90 Å². The molecule has 0 aromatic carbocycles. The predicted octanol–water partition coefficient (Wildman–Crippen LogP) is -0.541. The molecule has 0 radical (unpaired) electrons. The fraction of sp³-hybridized carbons (Fsp3) is 0.909. The van der Waals surface area contributed by atoms with E-state index >= 15 is 0 Å². The molecule has 1 aliphatic carbocycles. The van der Waals surface area contributed by atoms with Crippen molar-refractivity contribution in [3.63, 3.8) is 0 Å². The van der Waals surface area contributed by atoms with Crippen LogP contribution in [0.5, 0.6) is 0 Å². The molecule has 0 aromatic rings. The maximum Gasteiger partial charge on any atom is 0.233 e. The molecule has 2 rings (SSSR count). The monoisotopic (exact) mass is 227 g/mol. The van der Waals surface area contributed by atoms with Crippen LogP contribution in [0.25, 0.3) is 0 Å². The first-order valence-corrected chi connectivity index (χ1v) is 6.10. The number of aliphatic hydroxyl groups excluding tert-OH is 1. The van der Waals surface area contributed by atoms with Crippen molar-refractivity contribution in [1.82, 2.24) is 10.3 Å². The van der Waals surface area contributed by atoms with E-state index in [9.17, 15) is 9.90 Å². The van der Waals surface area contributed by atoms with Crippen LogP contribution in [0.3, 0.4) is 0 Å². The summed E-state index contributed by atoms with van der Waals surface area (Å²) in [5.74, 6) is 6.07. The molecule has 2 aliphatic rings. The number of rotatable bonds is 4. The first-order chi connectivity index (χ1) is 7.70. The van der Waals surface area contributed by atoms with Gasteiger partial charge in [0.1, 0.15) is 0 Å². The molecule has 1 saturated carbocycles. The van der Waals surface area contributed by atoms with Crippen LogP contribution in [-0.4, -0.2) is 41.7 Å². The van der Waals surface area contributed by atoms with Crippen LogP contribution in [0, 0.1) is 11.8 Å². The molecule has 16 heavy (non-hydrogen) atoms. The number of likely N-dealkylation sites (tertiary alicyclic amines) is 1. The zero-order valence-corrected chi connectivity index (χ0v) is 9.56. The molecule has 1 aliphatic heterocycles. The summed E-state index contributed by atoms with van der Waals surface area (Å²) in [6, 6.07) is 0. The van der Waals surface area contributed by atoms with Crippen molar-refractivity contribution in [3.8, 4) is 0 Å². The zero-order chi connectivity index (χ0) is 11.5. The predicted molar refractivity (Wildman–Crippen MR) is 60.2 cm³/mol. The number of nitrogens with zero attached hydrogens (tertiary/aromatic N) is 1. The van der Waals surface area contributed by atoms with Gasteiger partial charge in [-0.3, -0.25) is 10.2 Å². The molecule has 1 heterocycles. The Kier molecular flexibility index (Phi) is 3.78. The number of hydrazine groups is 1. The topological polar surface area (TPSA) is 78.6 Å². The summed E-state index contributed by atoms with van der Waals surface area (Å²) >= 11 is 0. The molecule has 2 fully saturated rings. The Morgan fingerprint density at radius 1 is 1.44 bits per heavy atom. The van der Waals surface area contributed by atoms with E-state index in [1.807, 2.05) is 0 Å². The highest BCUT2D eigenvalue weighted by atomic mass is 16.3. The third-order valence-electron chi connectivity index (χ3n) is 3.93. The number of hydrogen-bond acceptors (Lipinski definition) is 4. The van der Waals surface area contributed by atoms with Gasteiger partial charge in [0.15, 0.2) is 0 Å². The number of carbonyl (C=O) groups excluding carboxylic acids is 1. The van der Waals surface area contributed by atoms with Gasteiger partial charge in [-0.25, -0.2) is 5.84 Å². The van der Waals surface area contributed by atoms with E-state index in [1.165, 1.54) is 0 Å². The Hall–Kier alpha value is -0.650. The fourth-order valence-electron chi connectivity index (χ4n) is 3.05. The third-order valence-corrected chi connectivity index (χ3v) is 3.93. The highest BCUT2D eigenvalue weighted by Gasteiger charge is 2.41. The summed E-state index contributed by atoms with van der Waals surface area (Å²) in [5.41, 5.74) is 2.14. The van der Waals surface area contributed by atoms with Crippen LogP contribution < -0.4 is 11.3 Å². The summed E-state index contributed by atoms with van der Waals surface area (Å²) in [5, 5.41) is 9.76. The maximum absolute atomic E-state index is 10.9. The van der Waals surface area contributed by atoms with Gasteiger partial charge in [0, 0.05) is 25.4 Å². The van der Waals surface area contributed by atoms with Crippen molar-refractivity contribution in [2.75, 3.05) is 19.6 Å². The van der Waals surface area contributed by atoms with E-state index in [-0.39, 0.29) is 12.0 Å². The van der Waals surface area contributed by atoms with Crippen molar-refractivity contribution in [3.05, 3.63) is 0 Å². The average molecular weight is 227 g/mol. The quantitative estimate of drug-likeness (QED) is 0.342. The molecule has 0 bridgehead atoms. The summed E-state index contributed by atoms with van der Waals surface area (Å²) in [6.07, 6.45) is 3.37. The molecular formula is C11H21N3O2. The number of hydrogen-bond donors (Lipinski definition) is 3. The molecule has 1 saturated heterocycles. The lowest BCUT2D eigenvalue weighted by Gasteiger charge is -2.17. The number of nitrogens with two attached hydrogens (primary N) is 1. The lowest BCUT2D eigenvalue weighted by atomic mass is 10.00. The minimum atomic E-state index is -0.0978. The van der Waals surface area contributed by atoms with E-state index < -0.39 is 0 Å². The number of fused-ring (bicyclic) bond motifs is 1. The molecule has 0 aromatic heterocycles. The standard InChI is InChI=1S/C11H21N3O2/c12-13-11(16)2-1-5-14-6-8-3-4-10(15)9(8)7-14/h8-10,15H,1-7,12H2,(H,13,16). The Morgan fingerprint density at radius 2 is 2.25 bits per heavy atom. The minimum absolute atomic E-state index is 0.0951. The van der Waals surface area contributed by atoms with Gasteiger partial charge in [0.25, 0.3) is 0 Å². The number of nitrogens with one attached hydrogen (secondary N) is 1. The van der Waals surface area contributed by atoms with Gasteiger partial charge in [-0.1, -0.05) is 0 Å². The number of aliphatic hydroxyl groups is 1. The highest BCUT2D eigenvalue weighted by Crippen LogP contribution is 2.37. The van der Waals surface area contributed by atoms with E-state index in [0.717, 1.165) is 38.9 Å². The fourth-order valence-corrected chi connectivity index (χ4v) is 3.05. The zero-order valence-electron chi connectivity index (χ0n) is 9.56. The van der Waals surface area contributed by atoms with Gasteiger partial charge in [-0.05, 0) is 31.7 Å². The van der Waals surface area contributed by atoms with Gasteiger partial charge in [-0.2, -0.15) is 0 Å². The van der Waals surface area contributed by atoms with Crippen LogP contribution in [0.1, 0.15) is 25.7 Å². The molecule has 3 atom stereocenters. The van der Waals surface area contributed by atoms with Crippen LogP contribution >= 0.6 is 0 Å². The van der Waals surface area contributed by atoms with Gasteiger partial charge in [-0.15, -0.1) is 0 Å². The maximum atomic E-state index is 10.9. The van der Waals surface area contributed by atoms with Gasteiger partial charge >= 0.3 is 0 Å². The Labute approximate surface area is 96.0 Å². The molecular weight excluding hydrogens is 206 g/mol. The first kappa shape index (κ1) is 11.8. The Bertz CT molecular complexity index is 260. The molecule has 0 spiro atoms. The van der Waals surface area contributed by atoms with E-state index in [2.05, 4.69) is 10.3 Å². The van der Waals surface area contributed by atoms with Crippen LogP contribution in [-0.2, 0) is 4.79 Å². The lowest BCUT2D eigenvalue weighted by Crippen LogP contribution is -2.31. The molecule has 3 unspecified atom stereocenters. The molecule has 4 N–H and O–H groups in total. The van der Waals surface area contributed by atoms with Gasteiger partial charge in [0.2, 0.25) is 5.91 Å². The molecule has 92 valence electrons. The summed E-state index contributed by atoms with van der Waals surface area (Å²) < 4.78 is 0. The van der Waals surface area contributed by atoms with Crippen molar-refractivity contribution in [2.24, 2.45) is 17.7 Å². The number of amides is 1.